The Hall–Kier alpha value is -6.24. The molecule has 0 bridgehead atoms. The molecule has 1 atom stereocenters. The molecular formula is C30H34N10O9. The Morgan fingerprint density at radius 2 is 1.59 bits per heavy atom. The van der Waals surface area contributed by atoms with Gasteiger partial charge in [-0.15, -0.1) is 0 Å². The van der Waals surface area contributed by atoms with E-state index in [1.807, 2.05) is 0 Å². The van der Waals surface area contributed by atoms with Crippen molar-refractivity contribution < 1.29 is 38.6 Å². The molecule has 3 aromatic rings. The van der Waals surface area contributed by atoms with E-state index in [9.17, 15) is 38.7 Å². The third-order valence-corrected chi connectivity index (χ3v) is 6.97. The molecule has 0 fully saturated rings. The van der Waals surface area contributed by atoms with E-state index in [2.05, 4.69) is 41.2 Å². The van der Waals surface area contributed by atoms with Gasteiger partial charge in [0.15, 0.2) is 11.2 Å². The zero-order valence-corrected chi connectivity index (χ0v) is 26.1. The van der Waals surface area contributed by atoms with Gasteiger partial charge < -0.3 is 36.8 Å². The van der Waals surface area contributed by atoms with Gasteiger partial charge in [0.25, 0.3) is 23.3 Å². The van der Waals surface area contributed by atoms with Crippen LogP contribution in [0.5, 0.6) is 0 Å². The summed E-state index contributed by atoms with van der Waals surface area (Å²) in [4.78, 5) is 99.1. The van der Waals surface area contributed by atoms with E-state index in [-0.39, 0.29) is 87.2 Å². The zero-order valence-electron chi connectivity index (χ0n) is 26.1. The van der Waals surface area contributed by atoms with Gasteiger partial charge in [0.2, 0.25) is 17.8 Å². The quantitative estimate of drug-likeness (QED) is 0.0592. The average Bonchev–Trinajstić information content (AvgIpc) is 3.40. The van der Waals surface area contributed by atoms with Crippen LogP contribution in [0.3, 0.4) is 0 Å². The fourth-order valence-corrected chi connectivity index (χ4v) is 4.43. The van der Waals surface area contributed by atoms with E-state index in [0.717, 1.165) is 17.1 Å². The highest BCUT2D eigenvalue weighted by molar-refractivity contribution is 6.13. The number of fused-ring (bicyclic) bond motifs is 1. The number of H-pyrrole nitrogens is 1. The number of nitrogen functional groups attached to an aromatic ring is 1. The molecule has 258 valence electrons. The van der Waals surface area contributed by atoms with Crippen molar-refractivity contribution in [3.05, 3.63) is 64.2 Å². The first-order valence-electron chi connectivity index (χ1n) is 15.0. The summed E-state index contributed by atoms with van der Waals surface area (Å²) in [6.07, 6.45) is 3.38. The molecule has 5 amide bonds. The smallest absolute Gasteiger partial charge is 0.326 e. The van der Waals surface area contributed by atoms with Gasteiger partial charge in [-0.25, -0.2) is 14.8 Å². The lowest BCUT2D eigenvalue weighted by atomic mass is 10.1. The predicted octanol–water partition coefficient (Wildman–Crippen LogP) is -1.57. The minimum atomic E-state index is -1.31. The summed E-state index contributed by atoms with van der Waals surface area (Å²) in [5, 5.41) is 20.3. The largest absolute Gasteiger partial charge is 0.480 e. The molecule has 0 spiro atoms. The van der Waals surface area contributed by atoms with Crippen molar-refractivity contribution in [2.24, 2.45) is 0 Å². The fraction of sp³-hybridized carbons (Fsp3) is 0.333. The number of aliphatic carboxylic acids is 1. The normalized spacial score (nSPS) is 12.9. The highest BCUT2D eigenvalue weighted by atomic mass is 16.5. The first-order chi connectivity index (χ1) is 23.5. The van der Waals surface area contributed by atoms with E-state index < -0.39 is 41.2 Å². The lowest BCUT2D eigenvalue weighted by Gasteiger charge is -2.15. The van der Waals surface area contributed by atoms with Gasteiger partial charge in [-0.3, -0.25) is 38.7 Å². The Kier molecular flexibility index (Phi) is 12.4. The second-order valence-corrected chi connectivity index (χ2v) is 10.5. The minimum absolute atomic E-state index is 0.0205. The summed E-state index contributed by atoms with van der Waals surface area (Å²) in [5.41, 5.74) is 6.43. The standard InChI is InChI=1S/C30H34N10O9/c31-30-38-26-25(28(46)39-30)36-19(16-35-26)15-34-18-3-1-17(2-4-18)27(45)37-20(29(47)48)5-6-21(41)32-10-13-49-14-11-33-22(42)9-12-40-23(43)7-8-24(40)44/h1-4,7-8,16,20,34H,5-6,9-15H2,(H,32,41)(H,33,42)(H,37,45)(H,47,48)(H3,31,35,38,39,46). The summed E-state index contributed by atoms with van der Waals surface area (Å²) >= 11 is 0. The number of nitrogens with zero attached hydrogens (tertiary/aromatic N) is 4. The first kappa shape index (κ1) is 35.6. The van der Waals surface area contributed by atoms with Crippen LogP contribution in [-0.4, -0.2) is 104 Å². The lowest BCUT2D eigenvalue weighted by molar-refractivity contribution is -0.140. The molecule has 3 heterocycles. The second-order valence-electron chi connectivity index (χ2n) is 10.5. The molecule has 8 N–H and O–H groups in total. The molecule has 49 heavy (non-hydrogen) atoms. The van der Waals surface area contributed by atoms with Crippen LogP contribution in [0.4, 0.5) is 11.6 Å². The molecule has 4 rings (SSSR count). The van der Waals surface area contributed by atoms with Crippen LogP contribution in [0, 0.1) is 0 Å². The third-order valence-electron chi connectivity index (χ3n) is 6.97. The number of carbonyl (C=O) groups is 6. The van der Waals surface area contributed by atoms with E-state index in [1.54, 1.807) is 12.1 Å². The molecule has 1 aliphatic rings. The number of rotatable bonds is 18. The van der Waals surface area contributed by atoms with Crippen LogP contribution in [0.2, 0.25) is 0 Å². The number of carboxylic acid groups (broad SMARTS) is 1. The molecule has 0 saturated carbocycles. The highest BCUT2D eigenvalue weighted by Gasteiger charge is 2.24. The number of amides is 5. The maximum atomic E-state index is 12.7. The Morgan fingerprint density at radius 3 is 2.24 bits per heavy atom. The molecule has 1 aliphatic heterocycles. The van der Waals surface area contributed by atoms with Gasteiger partial charge in [-0.1, -0.05) is 0 Å². The third kappa shape index (κ3) is 10.6. The van der Waals surface area contributed by atoms with Crippen molar-refractivity contribution in [2.75, 3.05) is 43.9 Å². The van der Waals surface area contributed by atoms with E-state index >= 15 is 0 Å². The number of carboxylic acids is 1. The number of hydrogen-bond donors (Lipinski definition) is 7. The van der Waals surface area contributed by atoms with Crippen LogP contribution in [0.1, 0.15) is 35.3 Å². The van der Waals surface area contributed by atoms with Crippen molar-refractivity contribution in [2.45, 2.75) is 31.8 Å². The molecule has 0 radical (unpaired) electrons. The van der Waals surface area contributed by atoms with Crippen molar-refractivity contribution in [3.8, 4) is 0 Å². The van der Waals surface area contributed by atoms with Crippen molar-refractivity contribution in [1.29, 1.82) is 0 Å². The number of imide groups is 1. The van der Waals surface area contributed by atoms with Crippen LogP contribution in [-0.2, 0) is 35.3 Å². The lowest BCUT2D eigenvalue weighted by Crippen LogP contribution is -2.41. The molecule has 19 nitrogen and oxygen atoms in total. The van der Waals surface area contributed by atoms with E-state index in [1.165, 1.54) is 18.3 Å². The number of ether oxygens (including phenoxy) is 1. The van der Waals surface area contributed by atoms with Crippen molar-refractivity contribution in [1.82, 2.24) is 40.8 Å². The number of aromatic amines is 1. The predicted molar refractivity (Wildman–Crippen MR) is 172 cm³/mol. The molecule has 19 heteroatoms. The van der Waals surface area contributed by atoms with Crippen LogP contribution in [0.25, 0.3) is 11.2 Å². The van der Waals surface area contributed by atoms with E-state index in [0.29, 0.717) is 11.4 Å². The number of hydrogen-bond acceptors (Lipinski definition) is 13. The van der Waals surface area contributed by atoms with Gasteiger partial charge in [-0.2, -0.15) is 4.98 Å². The number of carbonyl (C=O) groups excluding carboxylic acids is 5. The summed E-state index contributed by atoms with van der Waals surface area (Å²) < 4.78 is 5.34. The topological polar surface area (TPSA) is 281 Å². The molecule has 0 aliphatic carbocycles. The number of benzene rings is 1. The summed E-state index contributed by atoms with van der Waals surface area (Å²) in [6.45, 7) is 0.805. The Morgan fingerprint density at radius 1 is 0.939 bits per heavy atom. The Bertz CT molecular complexity index is 1790. The van der Waals surface area contributed by atoms with Crippen LogP contribution in [0.15, 0.2) is 47.4 Å². The first-order valence-corrected chi connectivity index (χ1v) is 15.0. The number of aromatic nitrogens is 4. The maximum absolute atomic E-state index is 12.7. The molecule has 1 unspecified atom stereocenters. The number of anilines is 2. The van der Waals surface area contributed by atoms with Crippen molar-refractivity contribution in [3.63, 3.8) is 0 Å². The monoisotopic (exact) mass is 678 g/mol. The Labute approximate surface area is 277 Å². The second kappa shape index (κ2) is 17.1. The Balaban J connectivity index is 1.10. The summed E-state index contributed by atoms with van der Waals surface area (Å²) in [7, 11) is 0. The van der Waals surface area contributed by atoms with Gasteiger partial charge in [0, 0.05) is 55.9 Å². The zero-order chi connectivity index (χ0) is 35.3. The minimum Gasteiger partial charge on any atom is -0.480 e. The summed E-state index contributed by atoms with van der Waals surface area (Å²) in [6, 6.07) is 4.90. The number of nitrogens with one attached hydrogen (secondary N) is 5. The molecule has 1 aromatic carbocycles. The fourth-order valence-electron chi connectivity index (χ4n) is 4.43. The average molecular weight is 679 g/mol. The van der Waals surface area contributed by atoms with Gasteiger partial charge in [-0.05, 0) is 30.7 Å². The summed E-state index contributed by atoms with van der Waals surface area (Å²) in [5.74, 6) is -3.71. The van der Waals surface area contributed by atoms with Gasteiger partial charge in [0.1, 0.15) is 6.04 Å². The molecule has 0 saturated heterocycles. The molecule has 2 aromatic heterocycles. The van der Waals surface area contributed by atoms with Crippen LogP contribution < -0.4 is 32.6 Å². The maximum Gasteiger partial charge on any atom is 0.326 e. The van der Waals surface area contributed by atoms with Gasteiger partial charge in [0.05, 0.1) is 31.6 Å². The highest BCUT2D eigenvalue weighted by Crippen LogP contribution is 2.12. The number of nitrogens with two attached hydrogens (primary N) is 1. The van der Waals surface area contributed by atoms with Crippen molar-refractivity contribution >= 4 is 58.3 Å². The van der Waals surface area contributed by atoms with Gasteiger partial charge >= 0.3 is 5.97 Å². The molecular weight excluding hydrogens is 644 g/mol. The van der Waals surface area contributed by atoms with E-state index in [4.69, 9.17) is 10.5 Å². The van der Waals surface area contributed by atoms with Crippen LogP contribution >= 0.6 is 0 Å². The SMILES string of the molecule is Nc1nc2ncc(CNc3ccc(C(=O)NC(CCC(=O)NCCOCCNC(=O)CCN4C(=O)C=CC4=O)C(=O)O)cc3)nc2c(=O)[nH]1.